The number of carbonyl (C=O) groups is 1. The van der Waals surface area contributed by atoms with E-state index < -0.39 is 0 Å². The number of nitrogens with one attached hydrogen (secondary N) is 2. The van der Waals surface area contributed by atoms with Gasteiger partial charge in [0.2, 0.25) is 5.91 Å². The highest BCUT2D eigenvalue weighted by atomic mass is 16.2. The summed E-state index contributed by atoms with van der Waals surface area (Å²) in [6, 6.07) is 3.73. The molecule has 0 radical (unpaired) electrons. The minimum atomic E-state index is -0.181. The lowest BCUT2D eigenvalue weighted by Crippen LogP contribution is -2.55. The fourth-order valence-corrected chi connectivity index (χ4v) is 2.85. The van der Waals surface area contributed by atoms with E-state index in [1.54, 1.807) is 17.2 Å². The van der Waals surface area contributed by atoms with E-state index in [0.717, 1.165) is 17.0 Å². The van der Waals surface area contributed by atoms with Crippen LogP contribution in [0.25, 0.3) is 11.3 Å². The van der Waals surface area contributed by atoms with Crippen LogP contribution in [-0.2, 0) is 4.79 Å². The number of H-pyrrole nitrogens is 1. The first-order valence-electron chi connectivity index (χ1n) is 8.17. The number of anilines is 1. The smallest absolute Gasteiger partial charge is 0.271 e. The number of amides is 1. The van der Waals surface area contributed by atoms with E-state index in [2.05, 4.69) is 26.8 Å². The van der Waals surface area contributed by atoms with Crippen molar-refractivity contribution in [3.8, 4) is 11.3 Å². The molecule has 1 atom stereocenters. The Hall–Kier alpha value is -2.96. The number of carbonyl (C=O) groups excluding carboxylic acids is 1. The molecule has 2 aromatic heterocycles. The lowest BCUT2D eigenvalue weighted by molar-refractivity contribution is -0.132. The Morgan fingerprint density at radius 2 is 2.20 bits per heavy atom. The van der Waals surface area contributed by atoms with Gasteiger partial charge < -0.3 is 15.2 Å². The number of rotatable bonds is 5. The van der Waals surface area contributed by atoms with Crippen molar-refractivity contribution in [1.82, 2.24) is 19.9 Å². The molecular formula is C18H21N5O2. The van der Waals surface area contributed by atoms with Crippen LogP contribution in [0.3, 0.4) is 0 Å². The molecule has 2 aromatic rings. The lowest BCUT2D eigenvalue weighted by atomic mass is 9.92. The first kappa shape index (κ1) is 16.9. The molecule has 1 unspecified atom stereocenters. The number of nitrogens with zero attached hydrogens (tertiary/aromatic N) is 3. The molecule has 7 heteroatoms. The van der Waals surface area contributed by atoms with E-state index in [-0.39, 0.29) is 17.5 Å². The van der Waals surface area contributed by atoms with Crippen LogP contribution in [0.1, 0.15) is 12.6 Å². The Labute approximate surface area is 145 Å². The van der Waals surface area contributed by atoms with Gasteiger partial charge in [0.15, 0.2) is 0 Å². The minimum Gasteiger partial charge on any atom is -0.378 e. The summed E-state index contributed by atoms with van der Waals surface area (Å²) < 4.78 is 0. The lowest BCUT2D eigenvalue weighted by Gasteiger charge is -2.42. The Kier molecular flexibility index (Phi) is 4.65. The van der Waals surface area contributed by atoms with Crippen molar-refractivity contribution in [2.24, 2.45) is 5.92 Å². The molecule has 25 heavy (non-hydrogen) atoms. The van der Waals surface area contributed by atoms with Crippen molar-refractivity contribution in [3.05, 3.63) is 53.4 Å². The Morgan fingerprint density at radius 3 is 2.88 bits per heavy atom. The maximum absolute atomic E-state index is 12.1. The molecule has 0 aliphatic carbocycles. The number of pyridine rings is 1. The van der Waals surface area contributed by atoms with Crippen molar-refractivity contribution in [1.29, 1.82) is 0 Å². The largest absolute Gasteiger partial charge is 0.378 e. The van der Waals surface area contributed by atoms with Gasteiger partial charge in [-0.15, -0.1) is 0 Å². The van der Waals surface area contributed by atoms with Crippen LogP contribution in [0.15, 0.2) is 42.1 Å². The zero-order valence-electron chi connectivity index (χ0n) is 14.3. The normalized spacial score (nSPS) is 15.4. The molecule has 1 saturated heterocycles. The average molecular weight is 339 g/mol. The monoisotopic (exact) mass is 339 g/mol. The van der Waals surface area contributed by atoms with E-state index >= 15 is 0 Å². The number of likely N-dealkylation sites (tertiary alicyclic amines) is 1. The summed E-state index contributed by atoms with van der Waals surface area (Å²) in [5.41, 5.74) is 2.75. The molecule has 3 rings (SSSR count). The SMILES string of the molecule is C=CC(=O)N1CC(C(C)Nc2cc(-c3cc(C)ncn3)c[nH]c2=O)C1. The number of hydrogen-bond donors (Lipinski definition) is 2. The second kappa shape index (κ2) is 6.88. The van der Waals surface area contributed by atoms with Crippen LogP contribution in [0.2, 0.25) is 0 Å². The zero-order valence-corrected chi connectivity index (χ0v) is 14.3. The third kappa shape index (κ3) is 3.60. The van der Waals surface area contributed by atoms with Crippen molar-refractivity contribution < 1.29 is 4.79 Å². The summed E-state index contributed by atoms with van der Waals surface area (Å²) in [4.78, 5) is 36.5. The van der Waals surface area contributed by atoms with E-state index in [4.69, 9.17) is 0 Å². The van der Waals surface area contributed by atoms with Crippen LogP contribution in [0, 0.1) is 12.8 Å². The van der Waals surface area contributed by atoms with E-state index in [0.29, 0.717) is 24.7 Å². The van der Waals surface area contributed by atoms with Gasteiger partial charge in [-0.2, -0.15) is 0 Å². The molecule has 0 aromatic carbocycles. The highest BCUT2D eigenvalue weighted by Gasteiger charge is 2.33. The van der Waals surface area contributed by atoms with Crippen LogP contribution >= 0.6 is 0 Å². The van der Waals surface area contributed by atoms with Crippen LogP contribution in [0.4, 0.5) is 5.69 Å². The molecular weight excluding hydrogens is 318 g/mol. The van der Waals surface area contributed by atoms with Crippen molar-refractivity contribution in [2.45, 2.75) is 19.9 Å². The molecule has 2 N–H and O–H groups in total. The Balaban J connectivity index is 1.72. The zero-order chi connectivity index (χ0) is 18.0. The van der Waals surface area contributed by atoms with Crippen molar-refractivity contribution in [2.75, 3.05) is 18.4 Å². The topological polar surface area (TPSA) is 91.0 Å². The Bertz CT molecular complexity index is 855. The van der Waals surface area contributed by atoms with Gasteiger partial charge in [-0.1, -0.05) is 6.58 Å². The summed E-state index contributed by atoms with van der Waals surface area (Å²) in [7, 11) is 0. The molecule has 1 aliphatic rings. The van der Waals surface area contributed by atoms with Gasteiger partial charge in [-0.05, 0) is 32.1 Å². The van der Waals surface area contributed by atoms with E-state index in [1.165, 1.54) is 12.4 Å². The van der Waals surface area contributed by atoms with Gasteiger partial charge in [0, 0.05) is 42.5 Å². The van der Waals surface area contributed by atoms with Crippen LogP contribution < -0.4 is 10.9 Å². The summed E-state index contributed by atoms with van der Waals surface area (Å²) >= 11 is 0. The number of aromatic amines is 1. The van der Waals surface area contributed by atoms with Gasteiger partial charge in [0.25, 0.3) is 5.56 Å². The van der Waals surface area contributed by atoms with Crippen molar-refractivity contribution >= 4 is 11.6 Å². The molecule has 0 spiro atoms. The fraction of sp³-hybridized carbons (Fsp3) is 0.333. The molecule has 0 saturated carbocycles. The summed E-state index contributed by atoms with van der Waals surface area (Å²) in [5.74, 6) is 0.246. The predicted molar refractivity (Wildman–Crippen MR) is 96.2 cm³/mol. The van der Waals surface area contributed by atoms with Gasteiger partial charge in [-0.3, -0.25) is 9.59 Å². The molecule has 3 heterocycles. The van der Waals surface area contributed by atoms with E-state index in [1.807, 2.05) is 19.9 Å². The van der Waals surface area contributed by atoms with Gasteiger partial charge in [0.1, 0.15) is 12.0 Å². The second-order valence-corrected chi connectivity index (χ2v) is 6.32. The standard InChI is InChI=1S/C18H21N5O2/c1-4-17(24)23-8-14(9-23)12(3)22-16-6-13(7-19-18(16)25)15-5-11(2)20-10-21-15/h4-7,10,12,14,22H,1,8-9H2,2-3H3,(H,19,25). The van der Waals surface area contributed by atoms with Gasteiger partial charge in [-0.25, -0.2) is 9.97 Å². The maximum atomic E-state index is 12.1. The minimum absolute atomic E-state index is 0.0533. The quantitative estimate of drug-likeness (QED) is 0.807. The first-order valence-corrected chi connectivity index (χ1v) is 8.17. The fourth-order valence-electron chi connectivity index (χ4n) is 2.85. The highest BCUT2D eigenvalue weighted by molar-refractivity contribution is 5.87. The number of hydrogen-bond acceptors (Lipinski definition) is 5. The molecule has 0 bridgehead atoms. The summed E-state index contributed by atoms with van der Waals surface area (Å²) in [5, 5.41) is 3.26. The summed E-state index contributed by atoms with van der Waals surface area (Å²) in [6.45, 7) is 8.74. The van der Waals surface area contributed by atoms with Gasteiger partial charge in [0.05, 0.1) is 5.69 Å². The molecule has 130 valence electrons. The van der Waals surface area contributed by atoms with Gasteiger partial charge >= 0.3 is 0 Å². The van der Waals surface area contributed by atoms with Crippen LogP contribution in [-0.4, -0.2) is 44.9 Å². The molecule has 1 fully saturated rings. The molecule has 1 amide bonds. The maximum Gasteiger partial charge on any atom is 0.271 e. The average Bonchev–Trinajstić information content (AvgIpc) is 2.55. The second-order valence-electron chi connectivity index (χ2n) is 6.32. The number of aryl methyl sites for hydroxylation is 1. The number of aromatic nitrogens is 3. The third-order valence-electron chi connectivity index (χ3n) is 4.49. The first-order chi connectivity index (χ1) is 12.0. The van der Waals surface area contributed by atoms with E-state index in [9.17, 15) is 9.59 Å². The summed E-state index contributed by atoms with van der Waals surface area (Å²) in [6.07, 6.45) is 4.48. The highest BCUT2D eigenvalue weighted by Crippen LogP contribution is 2.23. The Morgan fingerprint density at radius 1 is 1.44 bits per heavy atom. The molecule has 1 aliphatic heterocycles. The van der Waals surface area contributed by atoms with Crippen molar-refractivity contribution in [3.63, 3.8) is 0 Å². The van der Waals surface area contributed by atoms with Crippen LogP contribution in [0.5, 0.6) is 0 Å². The molecule has 7 nitrogen and oxygen atoms in total. The third-order valence-corrected chi connectivity index (χ3v) is 4.49. The predicted octanol–water partition coefficient (Wildman–Crippen LogP) is 1.59.